The van der Waals surface area contributed by atoms with Gasteiger partial charge in [0.25, 0.3) is 0 Å². The zero-order valence-corrected chi connectivity index (χ0v) is 8.94. The van der Waals surface area contributed by atoms with E-state index in [1.54, 1.807) is 0 Å². The molecule has 0 aromatic carbocycles. The Balaban J connectivity index is 1.97. The van der Waals surface area contributed by atoms with Crippen molar-refractivity contribution in [1.29, 1.82) is 0 Å². The van der Waals surface area contributed by atoms with Crippen molar-refractivity contribution in [1.82, 2.24) is 9.55 Å². The number of aliphatic carboxylic acids is 1. The molecule has 0 saturated heterocycles. The average Bonchev–Trinajstić information content (AvgIpc) is 2.57. The highest BCUT2D eigenvalue weighted by molar-refractivity contribution is 5.66. The maximum absolute atomic E-state index is 10.5. The van der Waals surface area contributed by atoms with Gasteiger partial charge in [-0.15, -0.1) is 0 Å². The van der Waals surface area contributed by atoms with Crippen LogP contribution in [-0.4, -0.2) is 20.6 Å². The number of aromatic nitrogens is 2. The molecule has 0 amide bonds. The van der Waals surface area contributed by atoms with Crippen molar-refractivity contribution in [2.24, 2.45) is 5.92 Å². The molecule has 0 spiro atoms. The number of aryl methyl sites for hydroxylation is 1. The molecule has 0 radical (unpaired) electrons. The number of rotatable bonds is 3. The van der Waals surface area contributed by atoms with E-state index in [0.717, 1.165) is 31.5 Å². The SMILES string of the molecule is Cc1ncn2c1CCC(CCC(=O)O)C2. The molecule has 1 unspecified atom stereocenters. The third kappa shape index (κ3) is 2.19. The second kappa shape index (κ2) is 4.04. The fraction of sp³-hybridized carbons (Fsp3) is 0.636. The number of fused-ring (bicyclic) bond motifs is 1. The summed E-state index contributed by atoms with van der Waals surface area (Å²) in [5, 5.41) is 8.62. The quantitative estimate of drug-likeness (QED) is 0.821. The first-order valence-corrected chi connectivity index (χ1v) is 5.39. The van der Waals surface area contributed by atoms with Crippen LogP contribution in [0.2, 0.25) is 0 Å². The van der Waals surface area contributed by atoms with E-state index in [1.807, 2.05) is 13.3 Å². The number of carbonyl (C=O) groups is 1. The molecule has 4 nitrogen and oxygen atoms in total. The van der Waals surface area contributed by atoms with Gasteiger partial charge in [-0.1, -0.05) is 0 Å². The number of carboxylic acids is 1. The zero-order valence-electron chi connectivity index (χ0n) is 8.94. The van der Waals surface area contributed by atoms with Gasteiger partial charge in [-0.05, 0) is 32.1 Å². The van der Waals surface area contributed by atoms with Crippen molar-refractivity contribution in [2.45, 2.75) is 39.2 Å². The Morgan fingerprint density at radius 1 is 1.73 bits per heavy atom. The summed E-state index contributed by atoms with van der Waals surface area (Å²) in [5.41, 5.74) is 2.44. The third-order valence-corrected chi connectivity index (χ3v) is 3.17. The second-order valence-corrected chi connectivity index (χ2v) is 4.27. The molecule has 15 heavy (non-hydrogen) atoms. The first-order valence-electron chi connectivity index (χ1n) is 5.39. The molecule has 0 saturated carbocycles. The van der Waals surface area contributed by atoms with Crippen LogP contribution in [0, 0.1) is 12.8 Å². The van der Waals surface area contributed by atoms with E-state index in [4.69, 9.17) is 5.11 Å². The lowest BCUT2D eigenvalue weighted by Crippen LogP contribution is -2.20. The predicted molar refractivity (Wildman–Crippen MR) is 55.6 cm³/mol. The molecule has 0 fully saturated rings. The van der Waals surface area contributed by atoms with Gasteiger partial charge in [0.2, 0.25) is 0 Å². The van der Waals surface area contributed by atoms with Crippen LogP contribution in [0.5, 0.6) is 0 Å². The standard InChI is InChI=1S/C11H16N2O2/c1-8-10-4-2-9(3-5-11(14)15)6-13(10)7-12-8/h7,9H,2-6H2,1H3,(H,14,15). The fourth-order valence-corrected chi connectivity index (χ4v) is 2.26. The fourth-order valence-electron chi connectivity index (χ4n) is 2.26. The van der Waals surface area contributed by atoms with E-state index in [0.29, 0.717) is 5.92 Å². The molecule has 1 aromatic heterocycles. The summed E-state index contributed by atoms with van der Waals surface area (Å²) in [6, 6.07) is 0. The van der Waals surface area contributed by atoms with E-state index in [-0.39, 0.29) is 6.42 Å². The van der Waals surface area contributed by atoms with Gasteiger partial charge in [0.1, 0.15) is 0 Å². The van der Waals surface area contributed by atoms with E-state index in [2.05, 4.69) is 9.55 Å². The average molecular weight is 208 g/mol. The van der Waals surface area contributed by atoms with Crippen LogP contribution in [0.4, 0.5) is 0 Å². The Morgan fingerprint density at radius 2 is 2.53 bits per heavy atom. The van der Waals surface area contributed by atoms with Gasteiger partial charge in [0.15, 0.2) is 0 Å². The van der Waals surface area contributed by atoms with Gasteiger partial charge < -0.3 is 9.67 Å². The summed E-state index contributed by atoms with van der Waals surface area (Å²) < 4.78 is 2.17. The van der Waals surface area contributed by atoms with Crippen molar-refractivity contribution in [3.05, 3.63) is 17.7 Å². The van der Waals surface area contributed by atoms with E-state index in [1.165, 1.54) is 5.69 Å². The van der Waals surface area contributed by atoms with Crippen LogP contribution in [0.1, 0.15) is 30.7 Å². The predicted octanol–water partition coefficient (Wildman–Crippen LogP) is 1.62. The van der Waals surface area contributed by atoms with Gasteiger partial charge >= 0.3 is 5.97 Å². The summed E-state index contributed by atoms with van der Waals surface area (Å²) in [7, 11) is 0. The molecular formula is C11H16N2O2. The van der Waals surface area contributed by atoms with Crippen LogP contribution in [0.25, 0.3) is 0 Å². The Kier molecular flexibility index (Phi) is 2.75. The minimum Gasteiger partial charge on any atom is -0.481 e. The third-order valence-electron chi connectivity index (χ3n) is 3.17. The van der Waals surface area contributed by atoms with Crippen LogP contribution >= 0.6 is 0 Å². The Morgan fingerprint density at radius 3 is 3.27 bits per heavy atom. The number of hydrogen-bond acceptors (Lipinski definition) is 2. The molecule has 0 aliphatic carbocycles. The van der Waals surface area contributed by atoms with Gasteiger partial charge in [0, 0.05) is 18.7 Å². The van der Waals surface area contributed by atoms with Crippen LogP contribution in [-0.2, 0) is 17.8 Å². The molecule has 1 aromatic rings. The van der Waals surface area contributed by atoms with Crippen molar-refractivity contribution in [3.63, 3.8) is 0 Å². The van der Waals surface area contributed by atoms with Gasteiger partial charge in [-0.2, -0.15) is 0 Å². The number of hydrogen-bond donors (Lipinski definition) is 1. The van der Waals surface area contributed by atoms with Gasteiger partial charge in [0.05, 0.1) is 12.0 Å². The van der Waals surface area contributed by atoms with Gasteiger partial charge in [-0.3, -0.25) is 4.79 Å². The highest BCUT2D eigenvalue weighted by Crippen LogP contribution is 2.24. The molecule has 2 rings (SSSR count). The molecule has 82 valence electrons. The zero-order chi connectivity index (χ0) is 10.8. The Labute approximate surface area is 88.9 Å². The normalized spacial score (nSPS) is 19.9. The highest BCUT2D eigenvalue weighted by Gasteiger charge is 2.20. The first-order chi connectivity index (χ1) is 7.16. The summed E-state index contributed by atoms with van der Waals surface area (Å²) in [6.45, 7) is 2.97. The lowest BCUT2D eigenvalue weighted by atomic mass is 9.93. The monoisotopic (exact) mass is 208 g/mol. The smallest absolute Gasteiger partial charge is 0.303 e. The van der Waals surface area contributed by atoms with Gasteiger partial charge in [-0.25, -0.2) is 4.98 Å². The minimum atomic E-state index is -0.692. The summed E-state index contributed by atoms with van der Waals surface area (Å²) in [6.07, 6.45) is 5.08. The van der Waals surface area contributed by atoms with E-state index < -0.39 is 5.97 Å². The summed E-state index contributed by atoms with van der Waals surface area (Å²) >= 11 is 0. The maximum Gasteiger partial charge on any atom is 0.303 e. The molecule has 2 heterocycles. The highest BCUT2D eigenvalue weighted by atomic mass is 16.4. The lowest BCUT2D eigenvalue weighted by molar-refractivity contribution is -0.137. The molecule has 1 aliphatic heterocycles. The molecule has 1 atom stereocenters. The maximum atomic E-state index is 10.5. The summed E-state index contributed by atoms with van der Waals surface area (Å²) in [5.74, 6) is -0.190. The van der Waals surface area contributed by atoms with E-state index >= 15 is 0 Å². The largest absolute Gasteiger partial charge is 0.481 e. The van der Waals surface area contributed by atoms with E-state index in [9.17, 15) is 4.79 Å². The van der Waals surface area contributed by atoms with Crippen molar-refractivity contribution in [3.8, 4) is 0 Å². The molecule has 1 aliphatic rings. The Bertz CT molecular complexity index is 371. The first kappa shape index (κ1) is 10.2. The van der Waals surface area contributed by atoms with Crippen LogP contribution in [0.3, 0.4) is 0 Å². The molecule has 1 N–H and O–H groups in total. The van der Waals surface area contributed by atoms with Crippen LogP contribution in [0.15, 0.2) is 6.33 Å². The number of nitrogens with zero attached hydrogens (tertiary/aromatic N) is 2. The van der Waals surface area contributed by atoms with Crippen molar-refractivity contribution < 1.29 is 9.90 Å². The topological polar surface area (TPSA) is 55.1 Å². The van der Waals surface area contributed by atoms with Crippen molar-refractivity contribution >= 4 is 5.97 Å². The van der Waals surface area contributed by atoms with Crippen LogP contribution < -0.4 is 0 Å². The Hall–Kier alpha value is -1.32. The summed E-state index contributed by atoms with van der Waals surface area (Å²) in [4.78, 5) is 14.7. The minimum absolute atomic E-state index is 0.285. The number of carboxylic acid groups (broad SMARTS) is 1. The number of imidazole rings is 1. The lowest BCUT2D eigenvalue weighted by Gasteiger charge is -2.23. The van der Waals surface area contributed by atoms with Crippen molar-refractivity contribution in [2.75, 3.05) is 0 Å². The molecule has 0 bridgehead atoms. The second-order valence-electron chi connectivity index (χ2n) is 4.27. The molecular weight excluding hydrogens is 192 g/mol. The molecule has 4 heteroatoms.